The van der Waals surface area contributed by atoms with Crippen molar-refractivity contribution in [2.24, 2.45) is 0 Å². The number of hydrogen-bond donors (Lipinski definition) is 1. The number of rotatable bonds is 6. The van der Waals surface area contributed by atoms with Gasteiger partial charge in [-0.1, -0.05) is 60.8 Å². The summed E-state index contributed by atoms with van der Waals surface area (Å²) in [6.07, 6.45) is 4.80. The average molecular weight is 505 g/mol. The van der Waals surface area contributed by atoms with Crippen LogP contribution in [0.25, 0.3) is 16.8 Å². The molecule has 1 saturated carbocycles. The van der Waals surface area contributed by atoms with Gasteiger partial charge in [-0.3, -0.25) is 19.8 Å². The highest BCUT2D eigenvalue weighted by atomic mass is 35.5. The number of hydrogen-bond acceptors (Lipinski definition) is 5. The van der Waals surface area contributed by atoms with E-state index in [0.29, 0.717) is 17.1 Å². The number of amides is 4. The van der Waals surface area contributed by atoms with Gasteiger partial charge in [0.2, 0.25) is 0 Å². The summed E-state index contributed by atoms with van der Waals surface area (Å²) in [7, 11) is 1.49. The number of nitrogens with one attached hydrogen (secondary N) is 1. The molecule has 8 heteroatoms. The van der Waals surface area contributed by atoms with E-state index >= 15 is 0 Å². The number of fused-ring (bicyclic) bond motifs is 1. The van der Waals surface area contributed by atoms with Gasteiger partial charge in [-0.25, -0.2) is 4.79 Å². The molecule has 0 spiro atoms. The fourth-order valence-electron chi connectivity index (χ4n) is 4.78. The van der Waals surface area contributed by atoms with Crippen molar-refractivity contribution in [1.29, 1.82) is 0 Å². The molecule has 2 fully saturated rings. The second-order valence-electron chi connectivity index (χ2n) is 8.94. The molecule has 0 bridgehead atoms. The third kappa shape index (κ3) is 4.66. The zero-order valence-electron chi connectivity index (χ0n) is 19.8. The Balaban J connectivity index is 1.39. The quantitative estimate of drug-likeness (QED) is 0.354. The number of halogens is 1. The number of benzene rings is 3. The summed E-state index contributed by atoms with van der Waals surface area (Å²) in [6.45, 7) is 0.278. The minimum Gasteiger partial charge on any atom is -0.493 e. The molecule has 4 amide bonds. The lowest BCUT2D eigenvalue weighted by molar-refractivity contribution is -0.131. The monoisotopic (exact) mass is 504 g/mol. The molecule has 0 unspecified atom stereocenters. The summed E-state index contributed by atoms with van der Waals surface area (Å²) in [5.41, 5.74) is 1.33. The maximum atomic E-state index is 13.1. The second-order valence-corrected chi connectivity index (χ2v) is 9.34. The summed E-state index contributed by atoms with van der Waals surface area (Å²) < 4.78 is 11.5. The maximum Gasteiger partial charge on any atom is 0.331 e. The predicted molar refractivity (Wildman–Crippen MR) is 137 cm³/mol. The highest BCUT2D eigenvalue weighted by Gasteiger charge is 2.40. The molecule has 1 aliphatic heterocycles. The first kappa shape index (κ1) is 23.9. The Labute approximate surface area is 213 Å². The van der Waals surface area contributed by atoms with Crippen molar-refractivity contribution >= 4 is 46.3 Å². The lowest BCUT2D eigenvalue weighted by atomic mass is 10.0. The molecule has 1 N–H and O–H groups in total. The summed E-state index contributed by atoms with van der Waals surface area (Å²) >= 11 is 6.54. The largest absolute Gasteiger partial charge is 0.493 e. The number of methoxy groups -OCH3 is 1. The summed E-state index contributed by atoms with van der Waals surface area (Å²) in [5, 5.41) is 4.81. The van der Waals surface area contributed by atoms with E-state index in [-0.39, 0.29) is 23.2 Å². The van der Waals surface area contributed by atoms with Gasteiger partial charge in [0, 0.05) is 6.04 Å². The van der Waals surface area contributed by atoms with Crippen LogP contribution in [0.5, 0.6) is 11.5 Å². The van der Waals surface area contributed by atoms with E-state index in [1.807, 2.05) is 36.4 Å². The van der Waals surface area contributed by atoms with E-state index < -0.39 is 17.8 Å². The molecule has 3 aromatic carbocycles. The first-order chi connectivity index (χ1) is 17.4. The fraction of sp³-hybridized carbons (Fsp3) is 0.250. The van der Waals surface area contributed by atoms with Gasteiger partial charge in [-0.2, -0.15) is 0 Å². The third-order valence-corrected chi connectivity index (χ3v) is 6.86. The molecule has 7 nitrogen and oxygen atoms in total. The summed E-state index contributed by atoms with van der Waals surface area (Å²) in [6, 6.07) is 16.5. The Morgan fingerprint density at radius 1 is 1.03 bits per heavy atom. The van der Waals surface area contributed by atoms with E-state index in [1.54, 1.807) is 12.1 Å². The van der Waals surface area contributed by atoms with E-state index in [2.05, 4.69) is 11.4 Å². The zero-order chi connectivity index (χ0) is 25.2. The molecule has 36 heavy (non-hydrogen) atoms. The van der Waals surface area contributed by atoms with Crippen LogP contribution in [-0.2, 0) is 16.2 Å². The highest BCUT2D eigenvalue weighted by molar-refractivity contribution is 6.33. The van der Waals surface area contributed by atoms with Gasteiger partial charge >= 0.3 is 6.03 Å². The molecule has 1 aliphatic carbocycles. The van der Waals surface area contributed by atoms with Crippen molar-refractivity contribution in [2.45, 2.75) is 38.3 Å². The number of carbonyl (C=O) groups is 3. The third-order valence-electron chi connectivity index (χ3n) is 6.58. The standard InChI is InChI=1S/C28H25ClN2O5/c1-35-24-15-18(13-22-26(32)30-28(34)31(27(22)33)21-8-4-5-9-21)14-23(29)25(24)36-16-17-10-11-19-6-2-3-7-20(19)12-17/h2-3,6-7,10-15,21H,4-5,8-9,16H2,1H3,(H,30,32,34)/b22-13+. The lowest BCUT2D eigenvalue weighted by Crippen LogP contribution is -2.57. The Kier molecular flexibility index (Phi) is 6.65. The SMILES string of the molecule is COc1cc(/C=C2\C(=O)NC(=O)N(C3CCCC3)C2=O)cc(Cl)c1OCc1ccc2ccccc2c1. The van der Waals surface area contributed by atoms with Gasteiger partial charge in [0.25, 0.3) is 11.8 Å². The topological polar surface area (TPSA) is 84.9 Å². The number of ether oxygens (including phenoxy) is 2. The molecule has 0 radical (unpaired) electrons. The zero-order valence-corrected chi connectivity index (χ0v) is 20.5. The van der Waals surface area contributed by atoms with Crippen LogP contribution in [0.2, 0.25) is 5.02 Å². The molecule has 5 rings (SSSR count). The van der Waals surface area contributed by atoms with Crippen molar-refractivity contribution < 1.29 is 23.9 Å². The number of imide groups is 2. The number of urea groups is 1. The van der Waals surface area contributed by atoms with Gasteiger partial charge in [0.15, 0.2) is 11.5 Å². The van der Waals surface area contributed by atoms with Crippen LogP contribution in [0.1, 0.15) is 36.8 Å². The fourth-order valence-corrected chi connectivity index (χ4v) is 5.05. The Morgan fingerprint density at radius 2 is 1.78 bits per heavy atom. The smallest absolute Gasteiger partial charge is 0.331 e. The van der Waals surface area contributed by atoms with Crippen molar-refractivity contribution in [3.05, 3.63) is 76.3 Å². The van der Waals surface area contributed by atoms with Crippen molar-refractivity contribution in [1.82, 2.24) is 10.2 Å². The van der Waals surface area contributed by atoms with Crippen molar-refractivity contribution in [3.63, 3.8) is 0 Å². The van der Waals surface area contributed by atoms with Crippen LogP contribution >= 0.6 is 11.6 Å². The number of barbiturate groups is 1. The van der Waals surface area contributed by atoms with Crippen LogP contribution in [0.15, 0.2) is 60.2 Å². The molecule has 0 aromatic heterocycles. The lowest BCUT2D eigenvalue weighted by Gasteiger charge is -2.31. The van der Waals surface area contributed by atoms with E-state index in [9.17, 15) is 14.4 Å². The van der Waals surface area contributed by atoms with Gasteiger partial charge in [-0.15, -0.1) is 0 Å². The van der Waals surface area contributed by atoms with Crippen molar-refractivity contribution in [3.8, 4) is 11.5 Å². The molecule has 184 valence electrons. The van der Waals surface area contributed by atoms with Crippen molar-refractivity contribution in [2.75, 3.05) is 7.11 Å². The van der Waals surface area contributed by atoms with E-state index in [0.717, 1.165) is 42.0 Å². The minimum absolute atomic E-state index is 0.121. The van der Waals surface area contributed by atoms with Crippen LogP contribution in [-0.4, -0.2) is 35.9 Å². The molecule has 2 aliphatic rings. The summed E-state index contributed by atoms with van der Waals surface area (Å²) in [5.74, 6) is -0.604. The molecular formula is C28H25ClN2O5. The average Bonchev–Trinajstić information content (AvgIpc) is 3.39. The van der Waals surface area contributed by atoms with Gasteiger partial charge in [0.1, 0.15) is 12.2 Å². The first-order valence-corrected chi connectivity index (χ1v) is 12.2. The Morgan fingerprint density at radius 3 is 2.53 bits per heavy atom. The van der Waals surface area contributed by atoms with Gasteiger partial charge in [0.05, 0.1) is 12.1 Å². The van der Waals surface area contributed by atoms with E-state index in [1.165, 1.54) is 18.1 Å². The van der Waals surface area contributed by atoms with Gasteiger partial charge in [-0.05, 0) is 59.0 Å². The van der Waals surface area contributed by atoms with Crippen LogP contribution < -0.4 is 14.8 Å². The van der Waals surface area contributed by atoms with Crippen LogP contribution in [0, 0.1) is 0 Å². The normalized spacial score (nSPS) is 17.7. The highest BCUT2D eigenvalue weighted by Crippen LogP contribution is 2.38. The molecule has 3 aromatic rings. The predicted octanol–water partition coefficient (Wildman–Crippen LogP) is 5.49. The molecule has 1 heterocycles. The van der Waals surface area contributed by atoms with Gasteiger partial charge < -0.3 is 9.47 Å². The second kappa shape index (κ2) is 10.0. The minimum atomic E-state index is -0.731. The molecular weight excluding hydrogens is 480 g/mol. The first-order valence-electron chi connectivity index (χ1n) is 11.8. The number of carbonyl (C=O) groups excluding carboxylic acids is 3. The van der Waals surface area contributed by atoms with Crippen LogP contribution in [0.3, 0.4) is 0 Å². The number of nitrogens with zero attached hydrogens (tertiary/aromatic N) is 1. The Hall–Kier alpha value is -3.84. The van der Waals surface area contributed by atoms with E-state index in [4.69, 9.17) is 21.1 Å². The van der Waals surface area contributed by atoms with Crippen LogP contribution in [0.4, 0.5) is 4.79 Å². The Bertz CT molecular complexity index is 1390. The summed E-state index contributed by atoms with van der Waals surface area (Å²) in [4.78, 5) is 39.1. The maximum absolute atomic E-state index is 13.1. The molecule has 1 saturated heterocycles. The molecule has 0 atom stereocenters.